The third-order valence-electron chi connectivity index (χ3n) is 2.39. The summed E-state index contributed by atoms with van der Waals surface area (Å²) < 4.78 is 17.8. The van der Waals surface area contributed by atoms with Gasteiger partial charge >= 0.3 is 0 Å². The van der Waals surface area contributed by atoms with Gasteiger partial charge in [0.25, 0.3) is 0 Å². The second-order valence-corrected chi connectivity index (χ2v) is 4.25. The lowest BCUT2D eigenvalue weighted by Gasteiger charge is -1.97. The Morgan fingerprint density at radius 3 is 2.71 bits per heavy atom. The van der Waals surface area contributed by atoms with Crippen molar-refractivity contribution >= 4 is 11.6 Å². The predicted octanol–water partition coefficient (Wildman–Crippen LogP) is 3.49. The van der Waals surface area contributed by atoms with Gasteiger partial charge in [0.2, 0.25) is 5.89 Å². The average molecular weight is 255 g/mol. The van der Waals surface area contributed by atoms with Crippen molar-refractivity contribution in [3.8, 4) is 0 Å². The van der Waals surface area contributed by atoms with Gasteiger partial charge in [-0.15, -0.1) is 11.6 Å². The maximum Gasteiger partial charge on any atom is 0.231 e. The Kier molecular flexibility index (Phi) is 3.74. The van der Waals surface area contributed by atoms with Gasteiger partial charge in [0.15, 0.2) is 5.82 Å². The molecule has 0 N–H and O–H groups in total. The van der Waals surface area contributed by atoms with Gasteiger partial charge in [0, 0.05) is 0 Å². The Morgan fingerprint density at radius 1 is 1.35 bits per heavy atom. The molecule has 0 aliphatic carbocycles. The molecule has 0 aliphatic rings. The minimum absolute atomic E-state index is 0.222. The molecule has 1 aromatic carbocycles. The molecule has 1 aromatic heterocycles. The van der Waals surface area contributed by atoms with Crippen LogP contribution >= 0.6 is 11.6 Å². The molecule has 0 saturated heterocycles. The Hall–Kier alpha value is -1.42. The van der Waals surface area contributed by atoms with Gasteiger partial charge in [-0.1, -0.05) is 24.2 Å². The molecule has 0 saturated carbocycles. The van der Waals surface area contributed by atoms with E-state index in [-0.39, 0.29) is 11.2 Å². The Bertz CT molecular complexity index is 484. The predicted molar refractivity (Wildman–Crippen MR) is 62.4 cm³/mol. The minimum Gasteiger partial charge on any atom is -0.339 e. The summed E-state index contributed by atoms with van der Waals surface area (Å²) in [5.74, 6) is 0.740. The fourth-order valence-corrected chi connectivity index (χ4v) is 1.52. The molecule has 1 heterocycles. The Morgan fingerprint density at radius 2 is 2.06 bits per heavy atom. The normalized spacial score (nSPS) is 12.6. The third-order valence-corrected chi connectivity index (χ3v) is 2.89. The molecule has 1 unspecified atom stereocenters. The van der Waals surface area contributed by atoms with E-state index in [1.165, 1.54) is 12.1 Å². The van der Waals surface area contributed by atoms with Crippen molar-refractivity contribution in [3.05, 3.63) is 47.4 Å². The number of hydrogen-bond acceptors (Lipinski definition) is 3. The molecule has 5 heteroatoms. The molecule has 1 atom stereocenters. The molecule has 3 nitrogen and oxygen atoms in total. The molecule has 2 rings (SSSR count). The number of halogens is 2. The van der Waals surface area contributed by atoms with Gasteiger partial charge in [-0.05, 0) is 24.1 Å². The van der Waals surface area contributed by atoms with Gasteiger partial charge in [-0.2, -0.15) is 4.98 Å². The number of rotatable bonds is 4. The summed E-state index contributed by atoms with van der Waals surface area (Å²) in [5, 5.41) is 3.59. The zero-order chi connectivity index (χ0) is 12.3. The Labute approximate surface area is 104 Å². The highest BCUT2D eigenvalue weighted by molar-refractivity contribution is 6.20. The molecule has 0 radical (unpaired) electrons. The van der Waals surface area contributed by atoms with Crippen LogP contribution in [0.3, 0.4) is 0 Å². The van der Waals surface area contributed by atoms with Crippen LogP contribution in [0.15, 0.2) is 28.8 Å². The van der Waals surface area contributed by atoms with E-state index in [1.807, 2.05) is 6.92 Å². The summed E-state index contributed by atoms with van der Waals surface area (Å²) in [7, 11) is 0. The van der Waals surface area contributed by atoms with Crippen LogP contribution in [0.4, 0.5) is 4.39 Å². The highest BCUT2D eigenvalue weighted by Crippen LogP contribution is 2.21. The lowest BCUT2D eigenvalue weighted by molar-refractivity contribution is 0.378. The number of nitrogens with zero attached hydrogens (tertiary/aromatic N) is 2. The smallest absolute Gasteiger partial charge is 0.231 e. The molecular formula is C12H12ClFN2O. The molecule has 0 fully saturated rings. The van der Waals surface area contributed by atoms with Gasteiger partial charge < -0.3 is 4.52 Å². The molecule has 0 bridgehead atoms. The zero-order valence-electron chi connectivity index (χ0n) is 9.36. The van der Waals surface area contributed by atoms with Gasteiger partial charge in [0.1, 0.15) is 5.82 Å². The van der Waals surface area contributed by atoms with Crippen LogP contribution in [0.5, 0.6) is 0 Å². The second kappa shape index (κ2) is 5.27. The number of alkyl halides is 1. The van der Waals surface area contributed by atoms with E-state index in [0.29, 0.717) is 18.1 Å². The van der Waals surface area contributed by atoms with E-state index in [0.717, 1.165) is 12.0 Å². The van der Waals surface area contributed by atoms with Crippen LogP contribution in [0.1, 0.15) is 36.0 Å². The van der Waals surface area contributed by atoms with Crippen molar-refractivity contribution in [1.82, 2.24) is 10.1 Å². The summed E-state index contributed by atoms with van der Waals surface area (Å²) in [4.78, 5) is 4.20. The highest BCUT2D eigenvalue weighted by Gasteiger charge is 2.13. The minimum atomic E-state index is -0.258. The summed E-state index contributed by atoms with van der Waals surface area (Å²) in [6.45, 7) is 1.95. The lowest BCUT2D eigenvalue weighted by Crippen LogP contribution is -1.93. The third kappa shape index (κ3) is 3.03. The van der Waals surface area contributed by atoms with E-state index < -0.39 is 0 Å². The van der Waals surface area contributed by atoms with E-state index >= 15 is 0 Å². The first-order valence-electron chi connectivity index (χ1n) is 5.40. The van der Waals surface area contributed by atoms with Crippen LogP contribution in [0, 0.1) is 5.82 Å². The number of hydrogen-bond donors (Lipinski definition) is 0. The Balaban J connectivity index is 2.08. The summed E-state index contributed by atoms with van der Waals surface area (Å²) >= 11 is 5.99. The summed E-state index contributed by atoms with van der Waals surface area (Å²) in [6.07, 6.45) is 1.23. The van der Waals surface area contributed by atoms with Crippen LogP contribution in [0.2, 0.25) is 0 Å². The second-order valence-electron chi connectivity index (χ2n) is 3.73. The van der Waals surface area contributed by atoms with Gasteiger partial charge in [-0.3, -0.25) is 0 Å². The van der Waals surface area contributed by atoms with E-state index in [2.05, 4.69) is 10.1 Å². The van der Waals surface area contributed by atoms with Crippen molar-refractivity contribution in [2.45, 2.75) is 25.1 Å². The van der Waals surface area contributed by atoms with Crippen molar-refractivity contribution in [1.29, 1.82) is 0 Å². The first kappa shape index (κ1) is 12.0. The SMILES string of the molecule is CCC(Cl)c1noc(Cc2ccc(F)cc2)n1. The molecule has 17 heavy (non-hydrogen) atoms. The largest absolute Gasteiger partial charge is 0.339 e. The first-order chi connectivity index (χ1) is 8.19. The fourth-order valence-electron chi connectivity index (χ4n) is 1.43. The van der Waals surface area contributed by atoms with Gasteiger partial charge in [-0.25, -0.2) is 4.39 Å². The zero-order valence-corrected chi connectivity index (χ0v) is 10.1. The van der Waals surface area contributed by atoms with Crippen molar-refractivity contribution < 1.29 is 8.91 Å². The summed E-state index contributed by atoms with van der Waals surface area (Å²) in [5.41, 5.74) is 0.921. The molecule has 0 amide bonds. The van der Waals surface area contributed by atoms with Gasteiger partial charge in [0.05, 0.1) is 11.8 Å². The molecular weight excluding hydrogens is 243 g/mol. The van der Waals surface area contributed by atoms with E-state index in [4.69, 9.17) is 16.1 Å². The maximum absolute atomic E-state index is 12.7. The number of benzene rings is 1. The molecule has 0 spiro atoms. The topological polar surface area (TPSA) is 38.9 Å². The van der Waals surface area contributed by atoms with Crippen molar-refractivity contribution in [2.75, 3.05) is 0 Å². The van der Waals surface area contributed by atoms with E-state index in [1.54, 1.807) is 12.1 Å². The molecule has 0 aliphatic heterocycles. The molecule has 2 aromatic rings. The monoisotopic (exact) mass is 254 g/mol. The van der Waals surface area contributed by atoms with Crippen LogP contribution < -0.4 is 0 Å². The number of aromatic nitrogens is 2. The summed E-state index contributed by atoms with van der Waals surface area (Å²) in [6, 6.07) is 6.19. The van der Waals surface area contributed by atoms with Crippen LogP contribution in [0.25, 0.3) is 0 Å². The average Bonchev–Trinajstić information content (AvgIpc) is 2.80. The van der Waals surface area contributed by atoms with E-state index in [9.17, 15) is 4.39 Å². The van der Waals surface area contributed by atoms with Crippen LogP contribution in [-0.2, 0) is 6.42 Å². The maximum atomic E-state index is 12.7. The lowest BCUT2D eigenvalue weighted by atomic mass is 10.1. The first-order valence-corrected chi connectivity index (χ1v) is 5.83. The van der Waals surface area contributed by atoms with Crippen LogP contribution in [-0.4, -0.2) is 10.1 Å². The molecule has 90 valence electrons. The van der Waals surface area contributed by atoms with Crippen molar-refractivity contribution in [2.24, 2.45) is 0 Å². The quantitative estimate of drug-likeness (QED) is 0.784. The standard InChI is InChI=1S/C12H12ClFN2O/c1-2-10(13)12-15-11(17-16-12)7-8-3-5-9(14)6-4-8/h3-6,10H,2,7H2,1H3. The van der Waals surface area contributed by atoms with Crippen molar-refractivity contribution in [3.63, 3.8) is 0 Å². The highest BCUT2D eigenvalue weighted by atomic mass is 35.5. The fraction of sp³-hybridized carbons (Fsp3) is 0.333.